The van der Waals surface area contributed by atoms with E-state index >= 15 is 0 Å². The fourth-order valence-electron chi connectivity index (χ4n) is 2.88. The second kappa shape index (κ2) is 7.16. The molecule has 6 heteroatoms. The van der Waals surface area contributed by atoms with Crippen molar-refractivity contribution in [3.63, 3.8) is 0 Å². The van der Waals surface area contributed by atoms with Crippen molar-refractivity contribution >= 4 is 46.3 Å². The van der Waals surface area contributed by atoms with Crippen LogP contribution in [-0.2, 0) is 0 Å². The van der Waals surface area contributed by atoms with Crippen LogP contribution >= 0.6 is 35.4 Å². The summed E-state index contributed by atoms with van der Waals surface area (Å²) in [5.41, 5.74) is 2.61. The minimum atomic E-state index is -0.502. The van der Waals surface area contributed by atoms with E-state index in [9.17, 15) is 4.79 Å². The highest BCUT2D eigenvalue weighted by atomic mass is 35.5. The molecule has 0 aromatic heterocycles. The highest BCUT2D eigenvalue weighted by Gasteiger charge is 2.34. The molecule has 3 nitrogen and oxygen atoms in total. The van der Waals surface area contributed by atoms with Gasteiger partial charge in [-0.1, -0.05) is 59.6 Å². The maximum atomic E-state index is 13.2. The zero-order valence-electron chi connectivity index (χ0n) is 13.7. The molecule has 0 aliphatic carbocycles. The van der Waals surface area contributed by atoms with Crippen molar-refractivity contribution < 1.29 is 4.79 Å². The number of carbonyl (C=O) groups is 1. The van der Waals surface area contributed by atoms with Gasteiger partial charge in [0.2, 0.25) is 0 Å². The van der Waals surface area contributed by atoms with Gasteiger partial charge in [-0.25, -0.2) is 0 Å². The molecule has 2 aromatic carbocycles. The highest BCUT2D eigenvalue weighted by Crippen LogP contribution is 2.38. The van der Waals surface area contributed by atoms with E-state index in [1.807, 2.05) is 32.2 Å². The van der Waals surface area contributed by atoms with Crippen molar-refractivity contribution in [2.24, 2.45) is 0 Å². The number of carbonyl (C=O) groups excluding carboxylic acids is 1. The van der Waals surface area contributed by atoms with Crippen molar-refractivity contribution in [3.8, 4) is 0 Å². The summed E-state index contributed by atoms with van der Waals surface area (Å²) in [6.45, 7) is 1.88. The molecule has 2 aromatic rings. The van der Waals surface area contributed by atoms with E-state index in [0.717, 1.165) is 5.70 Å². The average molecular weight is 391 g/mol. The first-order valence-corrected chi connectivity index (χ1v) is 8.87. The van der Waals surface area contributed by atoms with E-state index in [1.165, 1.54) is 0 Å². The van der Waals surface area contributed by atoms with E-state index < -0.39 is 6.04 Å². The third-order valence-corrected chi connectivity index (χ3v) is 5.37. The van der Waals surface area contributed by atoms with Crippen LogP contribution in [0.1, 0.15) is 28.9 Å². The zero-order chi connectivity index (χ0) is 18.1. The zero-order valence-corrected chi connectivity index (χ0v) is 16.0. The largest absolute Gasteiger partial charge is 0.351 e. The highest BCUT2D eigenvalue weighted by molar-refractivity contribution is 7.80. The van der Waals surface area contributed by atoms with Gasteiger partial charge in [-0.3, -0.25) is 4.79 Å². The fourth-order valence-corrected chi connectivity index (χ4v) is 3.75. The lowest BCUT2D eigenvalue weighted by Gasteiger charge is -2.36. The Labute approximate surface area is 162 Å². The van der Waals surface area contributed by atoms with E-state index in [2.05, 4.69) is 5.32 Å². The number of rotatable bonds is 3. The molecule has 1 unspecified atom stereocenters. The number of Topliss-reactive ketones (excluding diaryl/α,β-unsaturated/α-hetero) is 1. The number of thiocarbonyl (C=S) groups is 1. The molecule has 128 valence electrons. The molecular weight excluding hydrogens is 375 g/mol. The Kier molecular flexibility index (Phi) is 5.13. The summed E-state index contributed by atoms with van der Waals surface area (Å²) in [5, 5.41) is 4.70. The van der Waals surface area contributed by atoms with Gasteiger partial charge in [0.15, 0.2) is 10.9 Å². The Morgan fingerprint density at radius 1 is 1.08 bits per heavy atom. The fraction of sp³-hybridized carbons (Fsp3) is 0.158. The van der Waals surface area contributed by atoms with Crippen LogP contribution < -0.4 is 5.32 Å². The second-order valence-corrected chi connectivity index (χ2v) is 6.97. The predicted molar refractivity (Wildman–Crippen MR) is 106 cm³/mol. The molecule has 1 aliphatic heterocycles. The first kappa shape index (κ1) is 17.9. The number of hydrogen-bond donors (Lipinski definition) is 1. The molecule has 1 heterocycles. The van der Waals surface area contributed by atoms with Crippen molar-refractivity contribution in [3.05, 3.63) is 81.0 Å². The summed E-state index contributed by atoms with van der Waals surface area (Å²) in [7, 11) is 1.83. The Morgan fingerprint density at radius 2 is 1.68 bits per heavy atom. The topological polar surface area (TPSA) is 32.3 Å². The molecule has 3 rings (SSSR count). The molecular formula is C19H16Cl2N2OS. The molecule has 1 N–H and O–H groups in total. The van der Waals surface area contributed by atoms with Gasteiger partial charge < -0.3 is 10.2 Å². The summed E-state index contributed by atoms with van der Waals surface area (Å²) >= 11 is 18.2. The normalized spacial score (nSPS) is 17.5. The molecule has 1 atom stereocenters. The van der Waals surface area contributed by atoms with E-state index in [-0.39, 0.29) is 5.78 Å². The van der Waals surface area contributed by atoms with Crippen molar-refractivity contribution in [2.75, 3.05) is 7.05 Å². The third kappa shape index (κ3) is 3.30. The van der Waals surface area contributed by atoms with Crippen LogP contribution in [-0.4, -0.2) is 22.8 Å². The number of halogens is 2. The van der Waals surface area contributed by atoms with Crippen LogP contribution in [0.4, 0.5) is 0 Å². The Bertz CT molecular complexity index is 860. The monoisotopic (exact) mass is 390 g/mol. The lowest BCUT2D eigenvalue weighted by molar-refractivity contribution is 0.102. The molecule has 1 aliphatic rings. The molecule has 0 saturated carbocycles. The molecule has 0 fully saturated rings. The van der Waals surface area contributed by atoms with Gasteiger partial charge >= 0.3 is 0 Å². The van der Waals surface area contributed by atoms with Crippen molar-refractivity contribution in [2.45, 2.75) is 13.0 Å². The standard InChI is InChI=1S/C19H16Cl2N2OS/c1-11-15(18(24)12-7-4-3-5-8-12)17(22-19(25)23(11)2)16-13(20)9-6-10-14(16)21/h3-10,17H,1-2H3,(H,22,25). The number of allylic oxidation sites excluding steroid dienone is 1. The lowest BCUT2D eigenvalue weighted by atomic mass is 9.89. The van der Waals surface area contributed by atoms with Gasteiger partial charge in [-0.05, 0) is 31.3 Å². The van der Waals surface area contributed by atoms with E-state index in [0.29, 0.717) is 31.9 Å². The number of nitrogens with one attached hydrogen (secondary N) is 1. The summed E-state index contributed by atoms with van der Waals surface area (Å²) in [5.74, 6) is -0.0825. The average Bonchev–Trinajstić information content (AvgIpc) is 2.60. The molecule has 0 radical (unpaired) electrons. The van der Waals surface area contributed by atoms with E-state index in [1.54, 1.807) is 35.2 Å². The number of benzene rings is 2. The molecule has 0 amide bonds. The van der Waals surface area contributed by atoms with Gasteiger partial charge in [0.25, 0.3) is 0 Å². The van der Waals surface area contributed by atoms with Gasteiger partial charge in [-0.15, -0.1) is 0 Å². The SMILES string of the molecule is CC1=C(C(=O)c2ccccc2)C(c2c(Cl)cccc2Cl)NC(=S)N1C. The van der Waals surface area contributed by atoms with Gasteiger partial charge in [0.05, 0.1) is 6.04 Å². The van der Waals surface area contributed by atoms with Gasteiger partial charge in [0, 0.05) is 39.5 Å². The molecule has 0 saturated heterocycles. The third-order valence-electron chi connectivity index (χ3n) is 4.32. The summed E-state index contributed by atoms with van der Waals surface area (Å²) in [4.78, 5) is 15.0. The van der Waals surface area contributed by atoms with Crippen LogP contribution in [0.2, 0.25) is 10.0 Å². The van der Waals surface area contributed by atoms with Crippen LogP contribution in [0.25, 0.3) is 0 Å². The first-order valence-electron chi connectivity index (χ1n) is 7.70. The first-order chi connectivity index (χ1) is 11.9. The van der Waals surface area contributed by atoms with E-state index in [4.69, 9.17) is 35.4 Å². The van der Waals surface area contributed by atoms with Crippen LogP contribution in [0.15, 0.2) is 59.8 Å². The van der Waals surface area contributed by atoms with Crippen molar-refractivity contribution in [1.82, 2.24) is 10.2 Å². The number of hydrogen-bond acceptors (Lipinski definition) is 2. The maximum absolute atomic E-state index is 13.2. The summed E-state index contributed by atoms with van der Waals surface area (Å²) < 4.78 is 0. The summed E-state index contributed by atoms with van der Waals surface area (Å²) in [6, 6.07) is 13.9. The minimum Gasteiger partial charge on any atom is -0.351 e. The van der Waals surface area contributed by atoms with Gasteiger partial charge in [0.1, 0.15) is 0 Å². The Morgan fingerprint density at radius 3 is 2.28 bits per heavy atom. The summed E-state index contributed by atoms with van der Waals surface area (Å²) in [6.07, 6.45) is 0. The lowest BCUT2D eigenvalue weighted by Crippen LogP contribution is -2.46. The van der Waals surface area contributed by atoms with Gasteiger partial charge in [-0.2, -0.15) is 0 Å². The predicted octanol–water partition coefficient (Wildman–Crippen LogP) is 5.01. The Balaban J connectivity index is 2.19. The number of nitrogens with zero attached hydrogens (tertiary/aromatic N) is 1. The number of ketones is 1. The molecule has 0 spiro atoms. The van der Waals surface area contributed by atoms with Crippen LogP contribution in [0.3, 0.4) is 0 Å². The Hall–Kier alpha value is -1.88. The quantitative estimate of drug-likeness (QED) is 0.589. The van der Waals surface area contributed by atoms with Crippen LogP contribution in [0.5, 0.6) is 0 Å². The minimum absolute atomic E-state index is 0.0825. The smallest absolute Gasteiger partial charge is 0.193 e. The second-order valence-electron chi connectivity index (χ2n) is 5.77. The molecule has 0 bridgehead atoms. The molecule has 25 heavy (non-hydrogen) atoms. The van der Waals surface area contributed by atoms with Crippen molar-refractivity contribution in [1.29, 1.82) is 0 Å². The maximum Gasteiger partial charge on any atom is 0.193 e. The van der Waals surface area contributed by atoms with Crippen LogP contribution in [0, 0.1) is 0 Å².